The van der Waals surface area contributed by atoms with Crippen molar-refractivity contribution in [2.75, 3.05) is 0 Å². The third-order valence-corrected chi connectivity index (χ3v) is 0.848. The van der Waals surface area contributed by atoms with Crippen LogP contribution >= 0.6 is 0 Å². The Morgan fingerprint density at radius 1 is 1.67 bits per heavy atom. The van der Waals surface area contributed by atoms with E-state index in [4.69, 9.17) is 5.11 Å². The van der Waals surface area contributed by atoms with E-state index in [1.54, 1.807) is 0 Å². The summed E-state index contributed by atoms with van der Waals surface area (Å²) in [6.07, 6.45) is 1.23. The molecule has 1 heterocycles. The van der Waals surface area contributed by atoms with Crippen LogP contribution in [0.5, 0.6) is 0 Å². The van der Waals surface area contributed by atoms with Gasteiger partial charge in [-0.1, -0.05) is 0 Å². The fourth-order valence-corrected chi connectivity index (χ4v) is 0.470. The first-order valence-corrected chi connectivity index (χ1v) is 2.39. The van der Waals surface area contributed by atoms with Crippen molar-refractivity contribution in [3.8, 4) is 0 Å². The zero-order valence-corrected chi connectivity index (χ0v) is 4.57. The molecule has 0 fully saturated rings. The third kappa shape index (κ3) is 1.40. The molecule has 47 valence electrons. The second kappa shape index (κ2) is 2.46. The SMILES string of the molecule is O=c1ccoc([CH]O)c1. The van der Waals surface area contributed by atoms with Gasteiger partial charge in [0.1, 0.15) is 12.4 Å². The topological polar surface area (TPSA) is 50.4 Å². The molecule has 0 saturated heterocycles. The average molecular weight is 125 g/mol. The van der Waals surface area contributed by atoms with Crippen molar-refractivity contribution >= 4 is 0 Å². The van der Waals surface area contributed by atoms with Crippen molar-refractivity contribution in [2.45, 2.75) is 0 Å². The van der Waals surface area contributed by atoms with Crippen LogP contribution in [-0.2, 0) is 0 Å². The standard InChI is InChI=1S/C6H5O3/c7-4-6-3-5(8)1-2-9-6/h1-4,7H. The molecule has 3 nitrogen and oxygen atoms in total. The highest BCUT2D eigenvalue weighted by Gasteiger charge is 1.90. The summed E-state index contributed by atoms with van der Waals surface area (Å²) in [5.74, 6) is 0.169. The van der Waals surface area contributed by atoms with Gasteiger partial charge in [-0.15, -0.1) is 0 Å². The molecule has 0 spiro atoms. The molecule has 0 aromatic carbocycles. The van der Waals surface area contributed by atoms with Gasteiger partial charge in [0.15, 0.2) is 5.43 Å². The van der Waals surface area contributed by atoms with Gasteiger partial charge in [0.2, 0.25) is 0 Å². The molecular weight excluding hydrogens is 120 g/mol. The zero-order chi connectivity index (χ0) is 6.69. The zero-order valence-electron chi connectivity index (χ0n) is 4.57. The summed E-state index contributed by atoms with van der Waals surface area (Å²) in [5, 5.41) is 8.30. The summed E-state index contributed by atoms with van der Waals surface area (Å²) in [6.45, 7) is 0.738. The van der Waals surface area contributed by atoms with Crippen LogP contribution in [0.1, 0.15) is 5.76 Å². The summed E-state index contributed by atoms with van der Waals surface area (Å²) in [5.41, 5.74) is -0.179. The quantitative estimate of drug-likeness (QED) is 0.595. The lowest BCUT2D eigenvalue weighted by molar-refractivity contribution is 0.367. The molecule has 1 N–H and O–H groups in total. The minimum absolute atomic E-state index is 0.169. The van der Waals surface area contributed by atoms with Gasteiger partial charge in [-0.05, 0) is 0 Å². The third-order valence-electron chi connectivity index (χ3n) is 0.848. The molecule has 0 unspecified atom stereocenters. The number of hydrogen-bond donors (Lipinski definition) is 1. The molecule has 1 rings (SSSR count). The average Bonchev–Trinajstić information content (AvgIpc) is 1.88. The van der Waals surface area contributed by atoms with E-state index in [1.807, 2.05) is 0 Å². The summed E-state index contributed by atoms with van der Waals surface area (Å²) >= 11 is 0. The van der Waals surface area contributed by atoms with Crippen LogP contribution in [0.4, 0.5) is 0 Å². The Hall–Kier alpha value is -1.09. The molecule has 3 heteroatoms. The van der Waals surface area contributed by atoms with E-state index < -0.39 is 0 Å². The lowest BCUT2D eigenvalue weighted by Gasteiger charge is -1.88. The molecule has 1 radical (unpaired) electrons. The normalized spacial score (nSPS) is 9.44. The smallest absolute Gasteiger partial charge is 0.185 e. The van der Waals surface area contributed by atoms with Gasteiger partial charge >= 0.3 is 0 Å². The van der Waals surface area contributed by atoms with E-state index in [-0.39, 0.29) is 11.2 Å². The highest BCUT2D eigenvalue weighted by molar-refractivity contribution is 5.04. The number of hydrogen-bond acceptors (Lipinski definition) is 3. The maximum atomic E-state index is 10.5. The largest absolute Gasteiger partial charge is 0.466 e. The maximum Gasteiger partial charge on any atom is 0.185 e. The van der Waals surface area contributed by atoms with Gasteiger partial charge in [0.25, 0.3) is 0 Å². The second-order valence-electron chi connectivity index (χ2n) is 1.50. The minimum Gasteiger partial charge on any atom is -0.466 e. The van der Waals surface area contributed by atoms with Gasteiger partial charge < -0.3 is 9.52 Å². The van der Waals surface area contributed by atoms with Crippen molar-refractivity contribution in [3.05, 3.63) is 41.0 Å². The molecule has 1 aromatic heterocycles. The van der Waals surface area contributed by atoms with E-state index >= 15 is 0 Å². The van der Waals surface area contributed by atoms with Crippen molar-refractivity contribution < 1.29 is 9.52 Å². The van der Waals surface area contributed by atoms with Crippen molar-refractivity contribution in [2.24, 2.45) is 0 Å². The van der Waals surface area contributed by atoms with Crippen LogP contribution < -0.4 is 5.43 Å². The lowest BCUT2D eigenvalue weighted by atomic mass is 10.4. The number of rotatable bonds is 1. The van der Waals surface area contributed by atoms with E-state index in [0.717, 1.165) is 6.61 Å². The second-order valence-corrected chi connectivity index (χ2v) is 1.50. The highest BCUT2D eigenvalue weighted by Crippen LogP contribution is 1.93. The van der Waals surface area contributed by atoms with Crippen molar-refractivity contribution in [1.82, 2.24) is 0 Å². The predicted molar refractivity (Wildman–Crippen MR) is 30.3 cm³/mol. The first-order valence-electron chi connectivity index (χ1n) is 2.39. The number of aliphatic hydroxyl groups excluding tert-OH is 1. The van der Waals surface area contributed by atoms with Crippen LogP contribution in [0, 0.1) is 6.61 Å². The first kappa shape index (κ1) is 6.04. The van der Waals surface area contributed by atoms with E-state index in [1.165, 1.54) is 18.4 Å². The Bertz CT molecular complexity index is 238. The Labute approximate surface area is 51.6 Å². The Morgan fingerprint density at radius 2 is 2.44 bits per heavy atom. The molecule has 0 aliphatic heterocycles. The van der Waals surface area contributed by atoms with Crippen LogP contribution in [-0.4, -0.2) is 5.11 Å². The van der Waals surface area contributed by atoms with Gasteiger partial charge in [0.05, 0.1) is 6.26 Å². The molecule has 0 saturated carbocycles. The highest BCUT2D eigenvalue weighted by atomic mass is 16.4. The Balaban J connectivity index is 3.08. The van der Waals surface area contributed by atoms with Crippen LogP contribution in [0.3, 0.4) is 0 Å². The molecule has 0 aliphatic carbocycles. The van der Waals surface area contributed by atoms with Crippen LogP contribution in [0.2, 0.25) is 0 Å². The Kier molecular flexibility index (Phi) is 1.65. The fraction of sp³-hybridized carbons (Fsp3) is 0. The minimum atomic E-state index is -0.179. The van der Waals surface area contributed by atoms with Gasteiger partial charge in [0, 0.05) is 12.1 Å². The predicted octanol–water partition coefficient (Wildman–Crippen LogP) is 0.522. The summed E-state index contributed by atoms with van der Waals surface area (Å²) in [6, 6.07) is 2.47. The first-order chi connectivity index (χ1) is 4.33. The molecule has 0 aliphatic rings. The Morgan fingerprint density at radius 3 is 2.89 bits per heavy atom. The molecule has 9 heavy (non-hydrogen) atoms. The van der Waals surface area contributed by atoms with Crippen LogP contribution in [0.15, 0.2) is 27.6 Å². The number of aliphatic hydroxyl groups is 1. The van der Waals surface area contributed by atoms with Gasteiger partial charge in [-0.2, -0.15) is 0 Å². The van der Waals surface area contributed by atoms with E-state index in [9.17, 15) is 4.79 Å². The van der Waals surface area contributed by atoms with Crippen LogP contribution in [0.25, 0.3) is 0 Å². The van der Waals surface area contributed by atoms with E-state index in [2.05, 4.69) is 4.42 Å². The molecule has 0 atom stereocenters. The molecule has 0 bridgehead atoms. The van der Waals surface area contributed by atoms with Crippen molar-refractivity contribution in [1.29, 1.82) is 0 Å². The summed E-state index contributed by atoms with van der Waals surface area (Å²) in [7, 11) is 0. The van der Waals surface area contributed by atoms with Gasteiger partial charge in [-0.25, -0.2) is 0 Å². The molecular formula is C6H5O3. The molecule has 0 amide bonds. The fourth-order valence-electron chi connectivity index (χ4n) is 0.470. The summed E-state index contributed by atoms with van der Waals surface area (Å²) in [4.78, 5) is 10.5. The monoisotopic (exact) mass is 125 g/mol. The van der Waals surface area contributed by atoms with E-state index in [0.29, 0.717) is 0 Å². The maximum absolute atomic E-state index is 10.5. The lowest BCUT2D eigenvalue weighted by Crippen LogP contribution is -1.96. The molecule has 1 aromatic rings. The van der Waals surface area contributed by atoms with Gasteiger partial charge in [-0.3, -0.25) is 4.79 Å². The summed E-state index contributed by atoms with van der Waals surface area (Å²) < 4.78 is 4.65. The van der Waals surface area contributed by atoms with Crippen molar-refractivity contribution in [3.63, 3.8) is 0 Å².